The Kier molecular flexibility index (Phi) is 7.14. The van der Waals surface area contributed by atoms with Crippen LogP contribution in [-0.2, 0) is 11.2 Å². The molecule has 1 fully saturated rings. The standard InChI is InChI=1S/C28H35NO3/c1-28(2,17-20-12-13-21-8-4-5-9-23(21)16-20)29-18-24(30)19-32-27(22-14-15-22)25-10-6-7-11-26(25)31-3/h4-13,16,22,24,27,29-30H,14-15,17-19H2,1-3H3. The second-order valence-electron chi connectivity index (χ2n) is 9.61. The van der Waals surface area contributed by atoms with Crippen LogP contribution in [0, 0.1) is 5.92 Å². The van der Waals surface area contributed by atoms with Crippen molar-refractivity contribution in [3.63, 3.8) is 0 Å². The fourth-order valence-electron chi connectivity index (χ4n) is 4.37. The summed E-state index contributed by atoms with van der Waals surface area (Å²) in [4.78, 5) is 0. The van der Waals surface area contributed by atoms with Crippen molar-refractivity contribution in [1.82, 2.24) is 5.32 Å². The fourth-order valence-corrected chi connectivity index (χ4v) is 4.37. The van der Waals surface area contributed by atoms with E-state index in [-0.39, 0.29) is 11.6 Å². The molecule has 1 saturated carbocycles. The van der Waals surface area contributed by atoms with Crippen molar-refractivity contribution in [1.29, 1.82) is 0 Å². The van der Waals surface area contributed by atoms with E-state index >= 15 is 0 Å². The van der Waals surface area contributed by atoms with Crippen LogP contribution in [0.2, 0.25) is 0 Å². The van der Waals surface area contributed by atoms with Gasteiger partial charge in [0, 0.05) is 17.6 Å². The SMILES string of the molecule is COc1ccccc1C(OCC(O)CNC(C)(C)Cc1ccc2ccccc2c1)C1CC1. The van der Waals surface area contributed by atoms with Crippen molar-refractivity contribution in [2.75, 3.05) is 20.3 Å². The number of aliphatic hydroxyl groups excluding tert-OH is 1. The summed E-state index contributed by atoms with van der Waals surface area (Å²) in [6, 6.07) is 23.1. The monoisotopic (exact) mass is 433 g/mol. The number of rotatable bonds is 11. The zero-order chi connectivity index (χ0) is 22.6. The summed E-state index contributed by atoms with van der Waals surface area (Å²) in [5.41, 5.74) is 2.23. The van der Waals surface area contributed by atoms with Gasteiger partial charge in [0.25, 0.3) is 0 Å². The molecule has 0 saturated heterocycles. The minimum absolute atomic E-state index is 0.0218. The first-order chi connectivity index (χ1) is 15.4. The third kappa shape index (κ3) is 5.89. The van der Waals surface area contributed by atoms with Crippen molar-refractivity contribution in [3.05, 3.63) is 77.9 Å². The molecule has 0 aliphatic heterocycles. The second-order valence-corrected chi connectivity index (χ2v) is 9.61. The van der Waals surface area contributed by atoms with Crippen molar-refractivity contribution in [2.45, 2.75) is 50.9 Å². The van der Waals surface area contributed by atoms with E-state index in [4.69, 9.17) is 9.47 Å². The summed E-state index contributed by atoms with van der Waals surface area (Å²) in [6.07, 6.45) is 2.62. The fraction of sp³-hybridized carbons (Fsp3) is 0.429. The number of ether oxygens (including phenoxy) is 2. The number of hydrogen-bond donors (Lipinski definition) is 2. The van der Waals surface area contributed by atoms with Crippen molar-refractivity contribution in [2.24, 2.45) is 5.92 Å². The topological polar surface area (TPSA) is 50.7 Å². The average Bonchev–Trinajstić information content (AvgIpc) is 3.63. The molecule has 1 aliphatic rings. The van der Waals surface area contributed by atoms with E-state index in [0.717, 1.165) is 30.6 Å². The average molecular weight is 434 g/mol. The Labute approximate surface area is 191 Å². The molecule has 4 heteroatoms. The van der Waals surface area contributed by atoms with Gasteiger partial charge in [0.2, 0.25) is 0 Å². The lowest BCUT2D eigenvalue weighted by Crippen LogP contribution is -2.46. The summed E-state index contributed by atoms with van der Waals surface area (Å²) >= 11 is 0. The number of β-amino-alcohol motifs (C(OH)–C–C–N with tert-alkyl or cyclic N) is 1. The van der Waals surface area contributed by atoms with Gasteiger partial charge >= 0.3 is 0 Å². The lowest BCUT2D eigenvalue weighted by Gasteiger charge is -2.29. The van der Waals surface area contributed by atoms with Crippen LogP contribution in [-0.4, -0.2) is 37.0 Å². The number of nitrogens with one attached hydrogen (secondary N) is 1. The third-order valence-corrected chi connectivity index (χ3v) is 6.24. The van der Waals surface area contributed by atoms with E-state index in [9.17, 15) is 5.11 Å². The Bertz CT molecular complexity index is 1030. The van der Waals surface area contributed by atoms with Gasteiger partial charge in [-0.05, 0) is 61.4 Å². The molecule has 3 aromatic carbocycles. The zero-order valence-electron chi connectivity index (χ0n) is 19.4. The van der Waals surface area contributed by atoms with Crippen LogP contribution in [0.4, 0.5) is 0 Å². The Hall–Kier alpha value is -2.40. The first kappa shape index (κ1) is 22.8. The molecule has 4 nitrogen and oxygen atoms in total. The Morgan fingerprint density at radius 3 is 2.47 bits per heavy atom. The highest BCUT2D eigenvalue weighted by atomic mass is 16.5. The van der Waals surface area contributed by atoms with Crippen LogP contribution in [0.1, 0.15) is 43.9 Å². The molecule has 2 unspecified atom stereocenters. The number of fused-ring (bicyclic) bond motifs is 1. The predicted octanol–water partition coefficient (Wildman–Crippen LogP) is 5.29. The van der Waals surface area contributed by atoms with Gasteiger partial charge in [-0.1, -0.05) is 60.7 Å². The Morgan fingerprint density at radius 2 is 1.72 bits per heavy atom. The maximum atomic E-state index is 10.6. The molecule has 2 N–H and O–H groups in total. The summed E-state index contributed by atoms with van der Waals surface area (Å²) < 4.78 is 11.7. The van der Waals surface area contributed by atoms with Crippen molar-refractivity contribution < 1.29 is 14.6 Å². The second kappa shape index (κ2) is 10.0. The van der Waals surface area contributed by atoms with Gasteiger partial charge in [0.05, 0.1) is 25.9 Å². The maximum absolute atomic E-state index is 10.6. The van der Waals surface area contributed by atoms with Crippen LogP contribution in [0.5, 0.6) is 5.75 Å². The van der Waals surface area contributed by atoms with Crippen LogP contribution in [0.3, 0.4) is 0 Å². The molecule has 0 bridgehead atoms. The predicted molar refractivity (Wildman–Crippen MR) is 130 cm³/mol. The number of aliphatic hydroxyl groups is 1. The Balaban J connectivity index is 1.30. The van der Waals surface area contributed by atoms with Crippen LogP contribution in [0.15, 0.2) is 66.7 Å². The van der Waals surface area contributed by atoms with E-state index in [0.29, 0.717) is 19.1 Å². The molecule has 2 atom stereocenters. The number of benzene rings is 3. The van der Waals surface area contributed by atoms with Gasteiger partial charge in [-0.3, -0.25) is 0 Å². The largest absolute Gasteiger partial charge is 0.496 e. The number of methoxy groups -OCH3 is 1. The van der Waals surface area contributed by atoms with Crippen LogP contribution < -0.4 is 10.1 Å². The van der Waals surface area contributed by atoms with E-state index < -0.39 is 6.10 Å². The molecule has 0 aromatic heterocycles. The maximum Gasteiger partial charge on any atom is 0.124 e. The minimum Gasteiger partial charge on any atom is -0.496 e. The normalized spacial score (nSPS) is 16.1. The lowest BCUT2D eigenvalue weighted by atomic mass is 9.93. The van der Waals surface area contributed by atoms with E-state index in [1.165, 1.54) is 16.3 Å². The quantitative estimate of drug-likeness (QED) is 0.432. The highest BCUT2D eigenvalue weighted by Gasteiger charge is 2.35. The van der Waals surface area contributed by atoms with Crippen LogP contribution in [0.25, 0.3) is 10.8 Å². The summed E-state index contributed by atoms with van der Waals surface area (Å²) in [7, 11) is 1.69. The molecule has 4 rings (SSSR count). The van der Waals surface area contributed by atoms with Crippen LogP contribution >= 0.6 is 0 Å². The third-order valence-electron chi connectivity index (χ3n) is 6.24. The Morgan fingerprint density at radius 1 is 1.00 bits per heavy atom. The molecule has 3 aromatic rings. The van der Waals surface area contributed by atoms with Gasteiger partial charge in [-0.25, -0.2) is 0 Å². The minimum atomic E-state index is -0.568. The van der Waals surface area contributed by atoms with Crippen molar-refractivity contribution in [3.8, 4) is 5.75 Å². The molecule has 0 spiro atoms. The zero-order valence-corrected chi connectivity index (χ0v) is 19.4. The molecule has 0 radical (unpaired) electrons. The first-order valence-corrected chi connectivity index (χ1v) is 11.6. The highest BCUT2D eigenvalue weighted by molar-refractivity contribution is 5.83. The van der Waals surface area contributed by atoms with E-state index in [2.05, 4.69) is 67.7 Å². The van der Waals surface area contributed by atoms with Gasteiger partial charge in [-0.2, -0.15) is 0 Å². The molecule has 32 heavy (non-hydrogen) atoms. The molecular formula is C28H35NO3. The molecule has 0 heterocycles. The molecule has 1 aliphatic carbocycles. The smallest absolute Gasteiger partial charge is 0.124 e. The number of para-hydroxylation sites is 1. The summed E-state index contributed by atoms with van der Waals surface area (Å²) in [5.74, 6) is 1.37. The van der Waals surface area contributed by atoms with Crippen molar-refractivity contribution >= 4 is 10.8 Å². The number of hydrogen-bond acceptors (Lipinski definition) is 4. The molecule has 0 amide bonds. The van der Waals surface area contributed by atoms with Gasteiger partial charge in [-0.15, -0.1) is 0 Å². The molecule has 170 valence electrons. The summed E-state index contributed by atoms with van der Waals surface area (Å²) in [6.45, 7) is 5.15. The lowest BCUT2D eigenvalue weighted by molar-refractivity contribution is -0.0219. The van der Waals surface area contributed by atoms with E-state index in [1.807, 2.05) is 18.2 Å². The van der Waals surface area contributed by atoms with E-state index in [1.54, 1.807) is 7.11 Å². The van der Waals surface area contributed by atoms with Gasteiger partial charge < -0.3 is 19.9 Å². The van der Waals surface area contributed by atoms with Gasteiger partial charge in [0.1, 0.15) is 5.75 Å². The summed E-state index contributed by atoms with van der Waals surface area (Å²) in [5, 5.41) is 16.7. The van der Waals surface area contributed by atoms with Gasteiger partial charge in [0.15, 0.2) is 0 Å². The highest BCUT2D eigenvalue weighted by Crippen LogP contribution is 2.45. The first-order valence-electron chi connectivity index (χ1n) is 11.6. The molecular weight excluding hydrogens is 398 g/mol.